The number of allylic oxidation sites excluding steroid dienone is 4. The van der Waals surface area contributed by atoms with Gasteiger partial charge in [0.25, 0.3) is 0 Å². The van der Waals surface area contributed by atoms with E-state index in [1.54, 1.807) is 0 Å². The number of ether oxygens (including phenoxy) is 3. The monoisotopic (exact) mass is 863 g/mol. The molecular weight excluding hydrogens is 763 g/mol. The average Bonchev–Trinajstić information content (AvgIpc) is 3.22. The Morgan fingerprint density at radius 3 is 1.18 bits per heavy atom. The lowest BCUT2D eigenvalue weighted by atomic mass is 10.1. The number of hydrogen-bond donors (Lipinski definition) is 1. The van der Waals surface area contributed by atoms with Gasteiger partial charge in [0, 0.05) is 19.3 Å². The van der Waals surface area contributed by atoms with Crippen molar-refractivity contribution in [3.8, 4) is 0 Å². The Balaban J connectivity index is 4.24. The molecule has 0 fully saturated rings. The molecule has 0 aromatic heterocycles. The topological polar surface area (TPSA) is 99.1 Å². The van der Waals surface area contributed by atoms with Crippen LogP contribution in [0.15, 0.2) is 24.3 Å². The predicted molar refractivity (Wildman–Crippen MR) is 257 cm³/mol. The number of quaternary nitrogens is 1. The van der Waals surface area contributed by atoms with Gasteiger partial charge >= 0.3 is 17.9 Å². The average molecular weight is 863 g/mol. The number of unbranched alkanes of at least 4 members (excludes halogenated alkanes) is 29. The van der Waals surface area contributed by atoms with Crippen LogP contribution in [0.4, 0.5) is 0 Å². The van der Waals surface area contributed by atoms with Gasteiger partial charge in [0.05, 0.1) is 34.4 Å². The number of esters is 2. The molecule has 0 bridgehead atoms. The van der Waals surface area contributed by atoms with Gasteiger partial charge in [-0.2, -0.15) is 0 Å². The molecule has 0 aliphatic carbocycles. The highest BCUT2D eigenvalue weighted by atomic mass is 16.6. The van der Waals surface area contributed by atoms with Crippen molar-refractivity contribution in [2.75, 3.05) is 41.0 Å². The van der Waals surface area contributed by atoms with Crippen molar-refractivity contribution in [3.05, 3.63) is 24.3 Å². The Kier molecular flexibility index (Phi) is 42.8. The molecule has 8 heteroatoms. The zero-order valence-corrected chi connectivity index (χ0v) is 40.9. The van der Waals surface area contributed by atoms with Gasteiger partial charge in [0.15, 0.2) is 12.1 Å². The van der Waals surface area contributed by atoms with E-state index in [1.165, 1.54) is 167 Å². The van der Waals surface area contributed by atoms with Crippen molar-refractivity contribution in [1.29, 1.82) is 0 Å². The Bertz CT molecular complexity index is 1050. The van der Waals surface area contributed by atoms with Crippen molar-refractivity contribution in [3.63, 3.8) is 0 Å². The van der Waals surface area contributed by atoms with Gasteiger partial charge in [0.1, 0.15) is 6.61 Å². The SMILES string of the molecule is CCCCCCCCC/C=C/CCCCCCCC(=O)OCC(COCCC(C(=O)O)[N+](C)(C)C)OC(=O)CCCCCCCCC/C=C/CCCCCCCCCCCC. The molecule has 0 rings (SSSR count). The molecule has 1 N–H and O–H groups in total. The standard InChI is InChI=1S/C53H99NO7/c1-6-8-10-12-14-16-18-20-22-24-25-26-27-28-30-32-34-36-38-40-42-44-52(56)61-49(47-59-46-45-50(53(57)58)54(3,4)5)48-60-51(55)43-41-39-37-35-33-31-29-23-21-19-17-15-13-11-9-7-2/h23,26-27,29,49-50H,6-22,24-25,28,30-48H2,1-5H3/p+1/b27-26+,29-23+. The van der Waals surface area contributed by atoms with Gasteiger partial charge in [-0.15, -0.1) is 0 Å². The maximum atomic E-state index is 12.8. The van der Waals surface area contributed by atoms with E-state index < -0.39 is 18.1 Å². The van der Waals surface area contributed by atoms with Crippen molar-refractivity contribution < 1.29 is 38.2 Å². The summed E-state index contributed by atoms with van der Waals surface area (Å²) in [5, 5.41) is 9.65. The fourth-order valence-corrected chi connectivity index (χ4v) is 7.79. The minimum atomic E-state index is -0.874. The number of carboxylic acids is 1. The molecule has 61 heavy (non-hydrogen) atoms. The summed E-state index contributed by atoms with van der Waals surface area (Å²) >= 11 is 0. The van der Waals surface area contributed by atoms with Crippen LogP contribution in [0.2, 0.25) is 0 Å². The van der Waals surface area contributed by atoms with Crippen LogP contribution in [0.5, 0.6) is 0 Å². The van der Waals surface area contributed by atoms with E-state index in [2.05, 4.69) is 38.2 Å². The molecule has 0 amide bonds. The van der Waals surface area contributed by atoms with E-state index >= 15 is 0 Å². The third-order valence-electron chi connectivity index (χ3n) is 11.8. The summed E-state index contributed by atoms with van der Waals surface area (Å²) < 4.78 is 17.3. The Labute approximate surface area is 377 Å². The smallest absolute Gasteiger partial charge is 0.362 e. The van der Waals surface area contributed by atoms with Crippen LogP contribution in [0, 0.1) is 0 Å². The number of carbonyl (C=O) groups is 3. The van der Waals surface area contributed by atoms with Crippen LogP contribution < -0.4 is 0 Å². The lowest BCUT2D eigenvalue weighted by molar-refractivity contribution is -0.887. The summed E-state index contributed by atoms with van der Waals surface area (Å²) in [5.74, 6) is -1.47. The zero-order chi connectivity index (χ0) is 44.9. The Morgan fingerprint density at radius 2 is 0.820 bits per heavy atom. The normalized spacial score (nSPS) is 13.0. The summed E-state index contributed by atoms with van der Waals surface area (Å²) in [6, 6.07) is -0.615. The molecule has 0 saturated heterocycles. The number of likely N-dealkylation sites (N-methyl/N-ethyl adjacent to an activating group) is 1. The van der Waals surface area contributed by atoms with Crippen molar-refractivity contribution in [2.24, 2.45) is 0 Å². The summed E-state index contributed by atoms with van der Waals surface area (Å²) in [6.07, 6.45) is 50.8. The van der Waals surface area contributed by atoms with Crippen molar-refractivity contribution in [2.45, 2.75) is 257 Å². The molecular formula is C53H100NO7+. The molecule has 2 unspecified atom stereocenters. The summed E-state index contributed by atoms with van der Waals surface area (Å²) in [6.45, 7) is 4.76. The molecule has 0 saturated carbocycles. The van der Waals surface area contributed by atoms with E-state index in [-0.39, 0.29) is 36.2 Å². The molecule has 0 radical (unpaired) electrons. The maximum Gasteiger partial charge on any atom is 0.362 e. The lowest BCUT2D eigenvalue weighted by Crippen LogP contribution is -2.50. The molecule has 358 valence electrons. The second-order valence-corrected chi connectivity index (χ2v) is 18.8. The van der Waals surface area contributed by atoms with E-state index in [4.69, 9.17) is 14.2 Å². The van der Waals surface area contributed by atoms with Gasteiger partial charge in [0.2, 0.25) is 0 Å². The first-order valence-corrected chi connectivity index (χ1v) is 25.9. The molecule has 0 aromatic rings. The largest absolute Gasteiger partial charge is 0.477 e. The van der Waals surface area contributed by atoms with Crippen molar-refractivity contribution >= 4 is 17.9 Å². The number of hydrogen-bond acceptors (Lipinski definition) is 6. The van der Waals surface area contributed by atoms with Gasteiger partial charge in [-0.25, -0.2) is 4.79 Å². The quantitative estimate of drug-likeness (QED) is 0.0281. The Hall–Kier alpha value is -2.19. The maximum absolute atomic E-state index is 12.8. The first-order chi connectivity index (χ1) is 29.6. The van der Waals surface area contributed by atoms with Crippen molar-refractivity contribution in [1.82, 2.24) is 0 Å². The van der Waals surface area contributed by atoms with Crippen LogP contribution >= 0.6 is 0 Å². The minimum Gasteiger partial charge on any atom is -0.477 e. The Morgan fingerprint density at radius 1 is 0.475 bits per heavy atom. The summed E-state index contributed by atoms with van der Waals surface area (Å²) in [7, 11) is 5.54. The molecule has 0 heterocycles. The molecule has 0 spiro atoms. The van der Waals surface area contributed by atoms with E-state index in [1.807, 2.05) is 21.1 Å². The fourth-order valence-electron chi connectivity index (χ4n) is 7.79. The van der Waals surface area contributed by atoms with Gasteiger partial charge < -0.3 is 23.8 Å². The molecule has 2 atom stereocenters. The van der Waals surface area contributed by atoms with E-state index in [9.17, 15) is 19.5 Å². The second kappa shape index (κ2) is 44.4. The number of carboxylic acid groups (broad SMARTS) is 1. The first-order valence-electron chi connectivity index (χ1n) is 25.9. The summed E-state index contributed by atoms with van der Waals surface area (Å²) in [5.41, 5.74) is 0. The fraction of sp³-hybridized carbons (Fsp3) is 0.868. The predicted octanol–water partition coefficient (Wildman–Crippen LogP) is 14.8. The zero-order valence-electron chi connectivity index (χ0n) is 40.9. The number of nitrogens with zero attached hydrogens (tertiary/aromatic N) is 1. The van der Waals surface area contributed by atoms with Crippen LogP contribution in [0.1, 0.15) is 245 Å². The third-order valence-corrected chi connectivity index (χ3v) is 11.8. The molecule has 8 nitrogen and oxygen atoms in total. The first kappa shape index (κ1) is 58.8. The van der Waals surface area contributed by atoms with Crippen LogP contribution in [0.3, 0.4) is 0 Å². The molecule has 0 aliphatic rings. The third kappa shape index (κ3) is 42.9. The van der Waals surface area contributed by atoms with E-state index in [0.717, 1.165) is 44.9 Å². The number of aliphatic carboxylic acids is 1. The van der Waals surface area contributed by atoms with Crippen LogP contribution in [0.25, 0.3) is 0 Å². The number of carbonyl (C=O) groups excluding carboxylic acids is 2. The highest BCUT2D eigenvalue weighted by molar-refractivity contribution is 5.72. The molecule has 0 aromatic carbocycles. The van der Waals surface area contributed by atoms with Gasteiger partial charge in [-0.05, 0) is 64.2 Å². The highest BCUT2D eigenvalue weighted by Gasteiger charge is 2.31. The van der Waals surface area contributed by atoms with Gasteiger partial charge in [-0.1, -0.05) is 186 Å². The lowest BCUT2D eigenvalue weighted by Gasteiger charge is -2.31. The minimum absolute atomic E-state index is 0.0536. The molecule has 0 aliphatic heterocycles. The van der Waals surface area contributed by atoms with Crippen LogP contribution in [-0.4, -0.2) is 80.6 Å². The second-order valence-electron chi connectivity index (χ2n) is 18.8. The highest BCUT2D eigenvalue weighted by Crippen LogP contribution is 2.15. The van der Waals surface area contributed by atoms with E-state index in [0.29, 0.717) is 19.3 Å². The van der Waals surface area contributed by atoms with Gasteiger partial charge in [-0.3, -0.25) is 9.59 Å². The number of rotatable bonds is 47. The van der Waals surface area contributed by atoms with Crippen LogP contribution in [-0.2, 0) is 28.6 Å². The summed E-state index contributed by atoms with van der Waals surface area (Å²) in [4.78, 5) is 37.1.